The second-order valence-electron chi connectivity index (χ2n) is 6.81. The maximum Gasteiger partial charge on any atom is 0.138 e. The Morgan fingerprint density at radius 2 is 1.65 bits per heavy atom. The summed E-state index contributed by atoms with van der Waals surface area (Å²) in [6.45, 7) is 2.02. The van der Waals surface area contributed by atoms with E-state index in [1.165, 1.54) is 36.4 Å². The van der Waals surface area contributed by atoms with Gasteiger partial charge in [-0.3, -0.25) is 4.72 Å². The second-order valence-corrected chi connectivity index (χ2v) is 9.92. The van der Waals surface area contributed by atoms with E-state index in [2.05, 4.69) is 15.6 Å². The van der Waals surface area contributed by atoms with Crippen LogP contribution < -0.4 is 4.72 Å². The van der Waals surface area contributed by atoms with Crippen molar-refractivity contribution >= 4 is 32.7 Å². The van der Waals surface area contributed by atoms with Crippen LogP contribution >= 0.6 is 11.3 Å². The van der Waals surface area contributed by atoms with E-state index in [1.807, 2.05) is 13.0 Å². The third-order valence-corrected chi connectivity index (χ3v) is 7.40. The smallest absolute Gasteiger partial charge is 0.138 e. The van der Waals surface area contributed by atoms with Gasteiger partial charge in [0.1, 0.15) is 17.5 Å². The highest BCUT2D eigenvalue weighted by Gasteiger charge is 2.16. The Kier molecular flexibility index (Phi) is 5.84. The van der Waals surface area contributed by atoms with Gasteiger partial charge in [0.25, 0.3) is 0 Å². The van der Waals surface area contributed by atoms with Crippen LogP contribution in [0.2, 0.25) is 0 Å². The molecule has 0 aliphatic rings. The molecule has 0 radical (unpaired) electrons. The molecule has 1 unspecified atom stereocenters. The molecule has 1 atom stereocenters. The van der Waals surface area contributed by atoms with Crippen LogP contribution in [0.5, 0.6) is 0 Å². The molecule has 0 spiro atoms. The minimum absolute atomic E-state index is 0.308. The average molecular weight is 456 g/mol. The lowest BCUT2D eigenvalue weighted by atomic mass is 10.1. The van der Waals surface area contributed by atoms with Gasteiger partial charge < -0.3 is 0 Å². The van der Waals surface area contributed by atoms with E-state index >= 15 is 0 Å². The quantitative estimate of drug-likeness (QED) is 0.373. The summed E-state index contributed by atoms with van der Waals surface area (Å²) in [5.74, 6) is 3.42. The second kappa shape index (κ2) is 8.56. The Balaban J connectivity index is 1.71. The molecule has 0 aliphatic heterocycles. The first-order valence-corrected chi connectivity index (χ1v) is 12.0. The third kappa shape index (κ3) is 4.65. The number of pyridine rings is 1. The molecule has 0 saturated heterocycles. The first-order valence-electron chi connectivity index (χ1n) is 9.48. The first kappa shape index (κ1) is 21.1. The fraction of sp³-hybridized carbons (Fsp3) is 0.0870. The van der Waals surface area contributed by atoms with Crippen LogP contribution in [-0.4, -0.2) is 20.0 Å². The largest absolute Gasteiger partial charge is 0.294 e. The minimum atomic E-state index is -2.93. The summed E-state index contributed by atoms with van der Waals surface area (Å²) in [7, 11) is -2.93. The number of halogens is 2. The zero-order valence-electron chi connectivity index (χ0n) is 16.6. The molecule has 0 fully saturated rings. The lowest BCUT2D eigenvalue weighted by molar-refractivity contribution is 0.626. The highest BCUT2D eigenvalue weighted by atomic mass is 32.2. The molecule has 1 N–H and O–H groups in total. The number of hydrogen-bond acceptors (Lipinski definition) is 4. The van der Waals surface area contributed by atoms with Gasteiger partial charge >= 0.3 is 0 Å². The molecule has 0 bridgehead atoms. The van der Waals surface area contributed by atoms with Gasteiger partial charge in [0.05, 0.1) is 25.3 Å². The molecule has 2 aromatic heterocycles. The number of aromatic nitrogens is 2. The van der Waals surface area contributed by atoms with Crippen LogP contribution in [-0.2, 0) is 16.1 Å². The molecular weight excluding hydrogens is 436 g/mol. The number of nitrogens with zero attached hydrogens (tertiary/aromatic N) is 2. The fourth-order valence-corrected chi connectivity index (χ4v) is 5.19. The van der Waals surface area contributed by atoms with Gasteiger partial charge in [-0.15, -0.1) is 11.3 Å². The third-order valence-electron chi connectivity index (χ3n) is 4.58. The van der Waals surface area contributed by atoms with Crippen molar-refractivity contribution < 1.29 is 13.0 Å². The molecule has 0 saturated carbocycles. The minimum Gasteiger partial charge on any atom is -0.294 e. The van der Waals surface area contributed by atoms with Crippen molar-refractivity contribution in [2.75, 3.05) is 4.72 Å². The monoisotopic (exact) mass is 455 g/mol. The summed E-state index contributed by atoms with van der Waals surface area (Å²) in [5, 5.41) is 0.952. The van der Waals surface area contributed by atoms with Crippen molar-refractivity contribution in [3.05, 3.63) is 83.5 Å². The fourth-order valence-electron chi connectivity index (χ4n) is 3.02. The van der Waals surface area contributed by atoms with Crippen molar-refractivity contribution in [1.82, 2.24) is 9.97 Å². The van der Waals surface area contributed by atoms with Gasteiger partial charge in [-0.1, -0.05) is 6.92 Å². The van der Waals surface area contributed by atoms with E-state index in [0.29, 0.717) is 10.7 Å². The summed E-state index contributed by atoms with van der Waals surface area (Å²) in [5.41, 5.74) is 2.40. The van der Waals surface area contributed by atoms with Crippen LogP contribution in [0.15, 0.2) is 71.8 Å². The average Bonchev–Trinajstić information content (AvgIpc) is 3.19. The predicted octanol–water partition coefficient (Wildman–Crippen LogP) is 5.82. The topological polar surface area (TPSA) is 54.9 Å². The Morgan fingerprint density at radius 1 is 1.00 bits per heavy atom. The van der Waals surface area contributed by atoms with Crippen LogP contribution in [0, 0.1) is 11.6 Å². The van der Waals surface area contributed by atoms with Crippen molar-refractivity contribution in [1.29, 1.82) is 0 Å². The van der Waals surface area contributed by atoms with E-state index in [0.717, 1.165) is 33.1 Å². The number of hydrogen-bond donors (Lipinski definition) is 1. The Labute approximate surface area is 183 Å². The van der Waals surface area contributed by atoms with Gasteiger partial charge in [-0.2, -0.15) is 0 Å². The van der Waals surface area contributed by atoms with Gasteiger partial charge in [-0.05, 0) is 78.5 Å². The van der Waals surface area contributed by atoms with E-state index in [1.54, 1.807) is 35.7 Å². The van der Waals surface area contributed by atoms with Crippen LogP contribution in [0.3, 0.4) is 0 Å². The number of rotatable bonds is 6. The molecule has 0 amide bonds. The van der Waals surface area contributed by atoms with E-state index in [9.17, 15) is 13.0 Å². The summed E-state index contributed by atoms with van der Waals surface area (Å²) < 4.78 is 42.5. The lowest BCUT2D eigenvalue weighted by Gasteiger charge is -2.13. The molecule has 0 aliphatic carbocycles. The predicted molar refractivity (Wildman–Crippen MR) is 124 cm³/mol. The SMILES string of the molecule is C=S(=O)(Nc1cc(-c2sc(CC)nc2-c2ccc(F)cc2)ccn1)c1ccc(F)cc1. The van der Waals surface area contributed by atoms with Crippen molar-refractivity contribution in [2.24, 2.45) is 0 Å². The summed E-state index contributed by atoms with van der Waals surface area (Å²) >= 11 is 1.55. The molecule has 4 nitrogen and oxygen atoms in total. The van der Waals surface area contributed by atoms with Gasteiger partial charge in [0.2, 0.25) is 0 Å². The first-order chi connectivity index (χ1) is 14.9. The number of thiazole rings is 1. The highest BCUT2D eigenvalue weighted by molar-refractivity contribution is 8.01. The number of aryl methyl sites for hydroxylation is 1. The zero-order valence-corrected chi connectivity index (χ0v) is 18.3. The molecule has 158 valence electrons. The maximum atomic E-state index is 13.4. The molecule has 4 aromatic rings. The summed E-state index contributed by atoms with van der Waals surface area (Å²) in [6, 6.07) is 15.2. The molecule has 4 rings (SSSR count). The molecule has 31 heavy (non-hydrogen) atoms. The number of nitrogens with one attached hydrogen (secondary N) is 1. The zero-order chi connectivity index (χ0) is 22.0. The normalized spacial score (nSPS) is 13.0. The number of anilines is 1. The van der Waals surface area contributed by atoms with Crippen molar-refractivity contribution in [3.8, 4) is 21.7 Å². The standard InChI is InChI=1S/C23H19F2N3OS2/c1-3-21-27-22(15-4-6-17(24)7-5-15)23(30-21)16-12-13-26-20(14-16)28-31(2,29)19-10-8-18(25)9-11-19/h4-14H,2-3H2,1H3,(H,26,28,29). The van der Waals surface area contributed by atoms with Crippen LogP contribution in [0.1, 0.15) is 11.9 Å². The van der Waals surface area contributed by atoms with Crippen molar-refractivity contribution in [3.63, 3.8) is 0 Å². The molecule has 8 heteroatoms. The van der Waals surface area contributed by atoms with Crippen LogP contribution in [0.4, 0.5) is 14.6 Å². The van der Waals surface area contributed by atoms with Gasteiger partial charge in [0, 0.05) is 16.7 Å². The van der Waals surface area contributed by atoms with Crippen molar-refractivity contribution in [2.45, 2.75) is 18.2 Å². The maximum absolute atomic E-state index is 13.4. The van der Waals surface area contributed by atoms with E-state index in [-0.39, 0.29) is 5.82 Å². The van der Waals surface area contributed by atoms with Crippen LogP contribution in [0.25, 0.3) is 21.7 Å². The Morgan fingerprint density at radius 3 is 2.29 bits per heavy atom. The van der Waals surface area contributed by atoms with Gasteiger partial charge in [0.15, 0.2) is 0 Å². The van der Waals surface area contributed by atoms with E-state index < -0.39 is 15.5 Å². The molecule has 2 aromatic carbocycles. The summed E-state index contributed by atoms with van der Waals surface area (Å²) in [6.07, 6.45) is 2.38. The lowest BCUT2D eigenvalue weighted by Crippen LogP contribution is -2.13. The summed E-state index contributed by atoms with van der Waals surface area (Å²) in [4.78, 5) is 10.3. The number of benzene rings is 2. The highest BCUT2D eigenvalue weighted by Crippen LogP contribution is 2.37. The van der Waals surface area contributed by atoms with Gasteiger partial charge in [-0.25, -0.2) is 23.0 Å². The molecule has 2 heterocycles. The van der Waals surface area contributed by atoms with E-state index in [4.69, 9.17) is 4.98 Å². The Bertz CT molecular complexity index is 1320. The molecular formula is C23H19F2N3OS2. The Hall–Kier alpha value is -3.10.